The summed E-state index contributed by atoms with van der Waals surface area (Å²) in [5.74, 6) is -0.571. The maximum atomic E-state index is 13.7. The molecule has 0 atom stereocenters. The van der Waals surface area contributed by atoms with Crippen LogP contribution >= 0.6 is 0 Å². The number of unbranched alkanes of at least 4 members (excludes halogenated alkanes) is 1. The van der Waals surface area contributed by atoms with Crippen molar-refractivity contribution in [1.82, 2.24) is 15.5 Å². The number of nitrogens with zero attached hydrogens (tertiary/aromatic N) is 1. The molecule has 6 nitrogen and oxygen atoms in total. The predicted molar refractivity (Wildman–Crippen MR) is 98.7 cm³/mol. The first-order valence-electron chi connectivity index (χ1n) is 8.67. The van der Waals surface area contributed by atoms with Crippen LogP contribution in [0.1, 0.15) is 25.3 Å². The Hall–Kier alpha value is -3.16. The average molecular weight is 374 g/mol. The van der Waals surface area contributed by atoms with Crippen LogP contribution in [0, 0.1) is 11.6 Å². The molecule has 27 heavy (non-hydrogen) atoms. The Bertz CT molecular complexity index is 922. The molecule has 0 unspecified atom stereocenters. The predicted octanol–water partition coefficient (Wildman–Crippen LogP) is 4.34. The molecular weight excluding hydrogens is 354 g/mol. The quantitative estimate of drug-likeness (QED) is 0.538. The third-order valence-corrected chi connectivity index (χ3v) is 4.03. The fraction of sp³-hybridized carbons (Fsp3) is 0.263. The molecule has 0 aliphatic rings. The number of urea groups is 1. The Labute approximate surface area is 154 Å². The number of anilines is 1. The van der Waals surface area contributed by atoms with Gasteiger partial charge in [0.1, 0.15) is 24.0 Å². The smallest absolute Gasteiger partial charge is 0.320 e. The van der Waals surface area contributed by atoms with Crippen LogP contribution in [0.3, 0.4) is 0 Å². The fourth-order valence-electron chi connectivity index (χ4n) is 2.53. The zero-order valence-corrected chi connectivity index (χ0v) is 14.8. The van der Waals surface area contributed by atoms with E-state index >= 15 is 0 Å². The standard InChI is InChI=1S/C19H20F2N4O2/c1-2-3-9-22-19(26)23-18-13-10-12(7-8-17(13)24-25-18)27-11-14-15(20)5-4-6-16(14)21/h4-8,10H,2-3,9,11H2,1H3,(H3,22,23,24,25,26). The van der Waals surface area contributed by atoms with Gasteiger partial charge in [0, 0.05) is 11.9 Å². The van der Waals surface area contributed by atoms with E-state index in [4.69, 9.17) is 4.74 Å². The SMILES string of the molecule is CCCCNC(=O)Nc1n[nH]c2ccc(OCc3c(F)cccc3F)cc12. The number of aromatic nitrogens is 2. The molecule has 3 rings (SSSR count). The van der Waals surface area contributed by atoms with Gasteiger partial charge < -0.3 is 10.1 Å². The number of nitrogens with one attached hydrogen (secondary N) is 3. The highest BCUT2D eigenvalue weighted by Gasteiger charge is 2.12. The molecule has 3 N–H and O–H groups in total. The monoisotopic (exact) mass is 374 g/mol. The van der Waals surface area contributed by atoms with Gasteiger partial charge in [-0.05, 0) is 36.8 Å². The van der Waals surface area contributed by atoms with Gasteiger partial charge in [-0.2, -0.15) is 5.10 Å². The van der Waals surface area contributed by atoms with E-state index < -0.39 is 11.6 Å². The highest BCUT2D eigenvalue weighted by atomic mass is 19.1. The zero-order valence-electron chi connectivity index (χ0n) is 14.8. The summed E-state index contributed by atoms with van der Waals surface area (Å²) in [5.41, 5.74) is 0.557. The number of rotatable bonds is 7. The van der Waals surface area contributed by atoms with Gasteiger partial charge in [-0.1, -0.05) is 19.4 Å². The second-order valence-corrected chi connectivity index (χ2v) is 6.00. The lowest BCUT2D eigenvalue weighted by molar-refractivity contribution is 0.252. The molecule has 0 saturated carbocycles. The molecule has 0 bridgehead atoms. The molecule has 8 heteroatoms. The molecule has 0 saturated heterocycles. The molecule has 0 spiro atoms. The summed E-state index contributed by atoms with van der Waals surface area (Å²) in [6.45, 7) is 2.37. The second kappa shape index (κ2) is 8.48. The van der Waals surface area contributed by atoms with Gasteiger partial charge >= 0.3 is 6.03 Å². The molecule has 2 amide bonds. The van der Waals surface area contributed by atoms with Crippen molar-refractivity contribution in [1.29, 1.82) is 0 Å². The van der Waals surface area contributed by atoms with Crippen molar-refractivity contribution < 1.29 is 18.3 Å². The molecule has 0 radical (unpaired) electrons. The average Bonchev–Trinajstić information content (AvgIpc) is 3.04. The van der Waals surface area contributed by atoms with Gasteiger partial charge in [0.2, 0.25) is 0 Å². The molecule has 142 valence electrons. The van der Waals surface area contributed by atoms with Crippen molar-refractivity contribution in [2.24, 2.45) is 0 Å². The summed E-state index contributed by atoms with van der Waals surface area (Å²) in [6.07, 6.45) is 1.87. The summed E-state index contributed by atoms with van der Waals surface area (Å²) in [4.78, 5) is 11.9. The Kier molecular flexibility index (Phi) is 5.85. The first-order chi connectivity index (χ1) is 13.1. The third kappa shape index (κ3) is 4.52. The summed E-state index contributed by atoms with van der Waals surface area (Å²) in [5, 5.41) is 12.9. The molecule has 0 aliphatic carbocycles. The van der Waals surface area contributed by atoms with Gasteiger partial charge in [-0.3, -0.25) is 10.4 Å². The summed E-state index contributed by atoms with van der Waals surface area (Å²) in [7, 11) is 0. The van der Waals surface area contributed by atoms with Crippen LogP contribution in [-0.4, -0.2) is 22.8 Å². The van der Waals surface area contributed by atoms with Crippen LogP contribution in [0.4, 0.5) is 19.4 Å². The minimum absolute atomic E-state index is 0.140. The van der Waals surface area contributed by atoms with Crippen molar-refractivity contribution in [2.75, 3.05) is 11.9 Å². The highest BCUT2D eigenvalue weighted by Crippen LogP contribution is 2.26. The van der Waals surface area contributed by atoms with Crippen molar-refractivity contribution in [3.05, 3.63) is 53.6 Å². The van der Waals surface area contributed by atoms with Crippen LogP contribution in [-0.2, 0) is 6.61 Å². The number of fused-ring (bicyclic) bond motifs is 1. The van der Waals surface area contributed by atoms with Crippen LogP contribution in [0.5, 0.6) is 5.75 Å². The van der Waals surface area contributed by atoms with Crippen LogP contribution in [0.2, 0.25) is 0 Å². The lowest BCUT2D eigenvalue weighted by Crippen LogP contribution is -2.29. The van der Waals surface area contributed by atoms with Crippen molar-refractivity contribution >= 4 is 22.8 Å². The molecule has 1 aromatic heterocycles. The van der Waals surface area contributed by atoms with E-state index in [-0.39, 0.29) is 18.2 Å². The van der Waals surface area contributed by atoms with E-state index in [1.807, 2.05) is 6.92 Å². The van der Waals surface area contributed by atoms with Crippen molar-refractivity contribution in [2.45, 2.75) is 26.4 Å². The number of amides is 2. The number of ether oxygens (including phenoxy) is 1. The first-order valence-corrected chi connectivity index (χ1v) is 8.67. The maximum Gasteiger partial charge on any atom is 0.320 e. The number of carbonyl (C=O) groups excluding carboxylic acids is 1. The summed E-state index contributed by atoms with van der Waals surface area (Å²) in [6, 6.07) is 8.34. The van der Waals surface area contributed by atoms with Gasteiger partial charge in [-0.15, -0.1) is 0 Å². The fourth-order valence-corrected chi connectivity index (χ4v) is 2.53. The van der Waals surface area contributed by atoms with E-state index in [0.717, 1.165) is 12.8 Å². The van der Waals surface area contributed by atoms with Gasteiger partial charge in [-0.25, -0.2) is 13.6 Å². The normalized spacial score (nSPS) is 10.8. The number of hydrogen-bond acceptors (Lipinski definition) is 3. The Morgan fingerprint density at radius 2 is 2.00 bits per heavy atom. The zero-order chi connectivity index (χ0) is 19.2. The molecular formula is C19H20F2N4O2. The van der Waals surface area contributed by atoms with Crippen LogP contribution in [0.15, 0.2) is 36.4 Å². The summed E-state index contributed by atoms with van der Waals surface area (Å²) < 4.78 is 32.9. The number of benzene rings is 2. The summed E-state index contributed by atoms with van der Waals surface area (Å²) >= 11 is 0. The van der Waals surface area contributed by atoms with E-state index in [0.29, 0.717) is 29.0 Å². The van der Waals surface area contributed by atoms with E-state index in [1.54, 1.807) is 18.2 Å². The lowest BCUT2D eigenvalue weighted by Gasteiger charge is -2.09. The largest absolute Gasteiger partial charge is 0.489 e. The van der Waals surface area contributed by atoms with Crippen LogP contribution < -0.4 is 15.4 Å². The Morgan fingerprint density at radius 1 is 1.22 bits per heavy atom. The molecule has 0 aliphatic heterocycles. The van der Waals surface area contributed by atoms with Crippen LogP contribution in [0.25, 0.3) is 10.9 Å². The molecule has 3 aromatic rings. The number of H-pyrrole nitrogens is 1. The van der Waals surface area contributed by atoms with Gasteiger partial charge in [0.15, 0.2) is 5.82 Å². The molecule has 0 fully saturated rings. The first kappa shape index (κ1) is 18.6. The lowest BCUT2D eigenvalue weighted by atomic mass is 10.2. The van der Waals surface area contributed by atoms with Gasteiger partial charge in [0.25, 0.3) is 0 Å². The highest BCUT2D eigenvalue weighted by molar-refractivity contribution is 5.99. The van der Waals surface area contributed by atoms with Gasteiger partial charge in [0.05, 0.1) is 11.1 Å². The minimum atomic E-state index is -0.662. The molecule has 1 heterocycles. The molecule has 2 aromatic carbocycles. The van der Waals surface area contributed by atoms with E-state index in [9.17, 15) is 13.6 Å². The van der Waals surface area contributed by atoms with E-state index in [2.05, 4.69) is 20.8 Å². The minimum Gasteiger partial charge on any atom is -0.489 e. The maximum absolute atomic E-state index is 13.7. The second-order valence-electron chi connectivity index (χ2n) is 6.00. The van der Waals surface area contributed by atoms with Crippen molar-refractivity contribution in [3.8, 4) is 5.75 Å². The number of halogens is 2. The van der Waals surface area contributed by atoms with E-state index in [1.165, 1.54) is 18.2 Å². The topological polar surface area (TPSA) is 79.0 Å². The third-order valence-electron chi connectivity index (χ3n) is 4.03. The number of aromatic amines is 1. The Balaban J connectivity index is 1.72. The number of hydrogen-bond donors (Lipinski definition) is 3. The number of carbonyl (C=O) groups is 1. The van der Waals surface area contributed by atoms with Crippen molar-refractivity contribution in [3.63, 3.8) is 0 Å². The Morgan fingerprint density at radius 3 is 2.74 bits per heavy atom.